The number of hydrogen-bond donors (Lipinski definition) is 0. The van der Waals surface area contributed by atoms with Crippen molar-refractivity contribution in [1.29, 1.82) is 0 Å². The van der Waals surface area contributed by atoms with Crippen molar-refractivity contribution >= 4 is 128 Å². The summed E-state index contributed by atoms with van der Waals surface area (Å²) in [5.74, 6) is 1.07. The van der Waals surface area contributed by atoms with E-state index >= 15 is 0 Å². The molecule has 10 aromatic carbocycles. The van der Waals surface area contributed by atoms with Crippen LogP contribution in [0.4, 0.5) is 0 Å². The Balaban J connectivity index is 0.862. The molecule has 366 valence electrons. The molecule has 2 aliphatic carbocycles. The van der Waals surface area contributed by atoms with Crippen LogP contribution in [0.5, 0.6) is 0 Å². The van der Waals surface area contributed by atoms with Crippen LogP contribution < -0.4 is 10.6 Å². The maximum atomic E-state index is 6.68. The zero-order chi connectivity index (χ0) is 50.7. The van der Waals surface area contributed by atoms with Gasteiger partial charge in [-0.3, -0.25) is 0 Å². The number of fused-ring (bicyclic) bond motifs is 18. The van der Waals surface area contributed by atoms with Gasteiger partial charge in [-0.05, 0) is 145 Å². The second-order valence-electron chi connectivity index (χ2n) is 21.3. The number of hydrogen-bond acceptors (Lipinski definition) is 4. The molecule has 0 radical (unpaired) electrons. The van der Waals surface area contributed by atoms with Crippen LogP contribution >= 0.6 is 0 Å². The maximum absolute atomic E-state index is 6.68. The minimum Gasteiger partial charge on any atom is -0.460 e. The molecule has 6 heteroatoms. The largest absolute Gasteiger partial charge is 0.460 e. The molecule has 0 saturated heterocycles. The first-order chi connectivity index (χ1) is 38.6. The molecule has 6 heterocycles. The number of para-hydroxylation sites is 4. The summed E-state index contributed by atoms with van der Waals surface area (Å²) in [6.07, 6.45) is 13.0. The Labute approximate surface area is 444 Å². The molecule has 0 N–H and O–H groups in total. The summed E-state index contributed by atoms with van der Waals surface area (Å²) in [4.78, 5) is 0. The Bertz CT molecular complexity index is 5470. The summed E-state index contributed by atoms with van der Waals surface area (Å²) in [6, 6.07) is 70.8. The molecule has 78 heavy (non-hydrogen) atoms. The summed E-state index contributed by atoms with van der Waals surface area (Å²) >= 11 is 0. The highest BCUT2D eigenvalue weighted by atomic mass is 16.3. The molecule has 0 spiro atoms. The Morgan fingerprint density at radius 2 is 0.846 bits per heavy atom. The zero-order valence-corrected chi connectivity index (χ0v) is 42.1. The number of aryl methyl sites for hydroxylation is 1. The lowest BCUT2D eigenvalue weighted by molar-refractivity contribution is 0.546. The van der Waals surface area contributed by atoms with E-state index in [0.717, 1.165) is 175 Å². The van der Waals surface area contributed by atoms with E-state index in [9.17, 15) is 0 Å². The molecule has 16 aromatic rings. The standard InChI is InChI=1S/C72H44N2O4/c1-7-21-67-49(11-1)53-17-9-15-47(71(53)77-67)43-25-31-63-57(37-43)55-35-41(23-29-61(55)73(63)45-27-33-69-59(39-45)51-13-3-5-19-65(51)75-69)42-24-30-62-56(36-42)58-38-44(48-16-10-18-54-50-12-2-8-22-68(50)78-72(48)54)26-32-64(58)74(62)46-28-34-70-60(40-46)52-14-4-6-20-66(52)76-70/h1,3-5,7,9-19,21-40H,2,6,8,20H2. The molecule has 0 bridgehead atoms. The first-order valence-corrected chi connectivity index (χ1v) is 27.1. The molecule has 0 fully saturated rings. The normalized spacial score (nSPS) is 13.6. The average molecular weight is 1000 g/mol. The molecule has 2 aliphatic rings. The summed E-state index contributed by atoms with van der Waals surface area (Å²) in [5.41, 5.74) is 20.9. The summed E-state index contributed by atoms with van der Waals surface area (Å²) in [6.45, 7) is 0. The van der Waals surface area contributed by atoms with Gasteiger partial charge >= 0.3 is 0 Å². The van der Waals surface area contributed by atoms with E-state index in [4.69, 9.17) is 17.7 Å². The van der Waals surface area contributed by atoms with Crippen LogP contribution in [0, 0.1) is 0 Å². The van der Waals surface area contributed by atoms with Gasteiger partial charge in [0, 0.05) is 93.6 Å². The van der Waals surface area contributed by atoms with E-state index in [1.807, 2.05) is 18.2 Å². The molecule has 0 amide bonds. The van der Waals surface area contributed by atoms with Crippen LogP contribution in [0.2, 0.25) is 0 Å². The minimum absolute atomic E-state index is 0.875. The average Bonchev–Trinajstić information content (AvgIpc) is 4.38. The molecule has 0 aliphatic heterocycles. The van der Waals surface area contributed by atoms with Crippen molar-refractivity contribution in [2.24, 2.45) is 0 Å². The number of benzene rings is 10. The van der Waals surface area contributed by atoms with E-state index in [-0.39, 0.29) is 0 Å². The van der Waals surface area contributed by atoms with Gasteiger partial charge in [-0.25, -0.2) is 0 Å². The first-order valence-electron chi connectivity index (χ1n) is 27.1. The van der Waals surface area contributed by atoms with Crippen molar-refractivity contribution in [3.63, 3.8) is 0 Å². The quantitative estimate of drug-likeness (QED) is 0.172. The van der Waals surface area contributed by atoms with Crippen molar-refractivity contribution < 1.29 is 17.7 Å². The van der Waals surface area contributed by atoms with Gasteiger partial charge in [0.1, 0.15) is 44.7 Å². The third kappa shape index (κ3) is 5.97. The van der Waals surface area contributed by atoms with Crippen molar-refractivity contribution in [3.8, 4) is 44.8 Å². The van der Waals surface area contributed by atoms with Crippen LogP contribution in [0.25, 0.3) is 172 Å². The van der Waals surface area contributed by atoms with Crippen LogP contribution in [-0.4, -0.2) is 9.13 Å². The molecule has 6 nitrogen and oxygen atoms in total. The van der Waals surface area contributed by atoms with Crippen molar-refractivity contribution in [3.05, 3.63) is 222 Å². The fraction of sp³-hybridized carbons (Fsp3) is 0.0556. The van der Waals surface area contributed by atoms with Gasteiger partial charge in [-0.15, -0.1) is 0 Å². The lowest BCUT2D eigenvalue weighted by Gasteiger charge is -2.10. The summed E-state index contributed by atoms with van der Waals surface area (Å²) in [5, 5.41) is 12.6. The SMILES string of the molecule is C1=Cc2c(oc3ccc(-n4c5ccc(-c6ccc7c(c6)c6cc(-c8cccc9c8oc8ccccc89)ccc6n7-c6ccc7oc8ccccc8c7c6)cc5c5cc(-c6cccc7c8c(oc67)=CCCC=8)ccc54)cc23)CC1. The van der Waals surface area contributed by atoms with Gasteiger partial charge in [0.05, 0.1) is 22.1 Å². The van der Waals surface area contributed by atoms with Crippen LogP contribution in [0.1, 0.15) is 30.6 Å². The van der Waals surface area contributed by atoms with Gasteiger partial charge in [0.15, 0.2) is 0 Å². The van der Waals surface area contributed by atoms with Gasteiger partial charge in [0.2, 0.25) is 0 Å². The minimum atomic E-state index is 0.875. The number of allylic oxidation sites excluding steroid dienone is 1. The summed E-state index contributed by atoms with van der Waals surface area (Å²) in [7, 11) is 0. The van der Waals surface area contributed by atoms with E-state index in [2.05, 4.69) is 209 Å². The lowest BCUT2D eigenvalue weighted by atomic mass is 9.97. The smallest absolute Gasteiger partial charge is 0.143 e. The first kappa shape index (κ1) is 42.2. The fourth-order valence-electron chi connectivity index (χ4n) is 13.4. The Morgan fingerprint density at radius 3 is 1.51 bits per heavy atom. The van der Waals surface area contributed by atoms with Crippen LogP contribution in [0.15, 0.2) is 218 Å². The molecular weight excluding hydrogens is 957 g/mol. The topological polar surface area (TPSA) is 62.4 Å². The van der Waals surface area contributed by atoms with E-state index in [0.29, 0.717) is 0 Å². The van der Waals surface area contributed by atoms with Gasteiger partial charge in [-0.1, -0.05) is 115 Å². The highest BCUT2D eigenvalue weighted by molar-refractivity contribution is 6.16. The molecule has 0 saturated carbocycles. The van der Waals surface area contributed by atoms with Crippen molar-refractivity contribution in [2.75, 3.05) is 0 Å². The monoisotopic (exact) mass is 1000 g/mol. The second kappa shape index (κ2) is 15.8. The fourth-order valence-corrected chi connectivity index (χ4v) is 13.4. The van der Waals surface area contributed by atoms with E-state index in [1.54, 1.807) is 0 Å². The molecular formula is C72H44N2O4. The summed E-state index contributed by atoms with van der Waals surface area (Å²) < 4.78 is 30.9. The van der Waals surface area contributed by atoms with Crippen LogP contribution in [0.3, 0.4) is 0 Å². The maximum Gasteiger partial charge on any atom is 0.143 e. The van der Waals surface area contributed by atoms with E-state index < -0.39 is 0 Å². The molecule has 0 atom stereocenters. The zero-order valence-electron chi connectivity index (χ0n) is 42.1. The third-order valence-corrected chi connectivity index (χ3v) is 17.0. The van der Waals surface area contributed by atoms with Crippen molar-refractivity contribution in [2.45, 2.75) is 25.7 Å². The number of furan rings is 4. The Kier molecular flexibility index (Phi) is 8.53. The highest BCUT2D eigenvalue weighted by Crippen LogP contribution is 2.44. The molecule has 0 unspecified atom stereocenters. The van der Waals surface area contributed by atoms with Gasteiger partial charge in [-0.2, -0.15) is 0 Å². The highest BCUT2D eigenvalue weighted by Gasteiger charge is 2.22. The Morgan fingerprint density at radius 1 is 0.333 bits per heavy atom. The third-order valence-electron chi connectivity index (χ3n) is 17.0. The molecule has 18 rings (SSSR count). The number of aromatic nitrogens is 2. The van der Waals surface area contributed by atoms with Gasteiger partial charge < -0.3 is 26.8 Å². The molecule has 6 aromatic heterocycles. The van der Waals surface area contributed by atoms with Crippen molar-refractivity contribution in [1.82, 2.24) is 9.13 Å². The second-order valence-corrected chi connectivity index (χ2v) is 21.3. The number of rotatable bonds is 5. The Hall–Kier alpha value is -10.0. The predicted octanol–water partition coefficient (Wildman–Crippen LogP) is 18.5. The van der Waals surface area contributed by atoms with E-state index in [1.165, 1.54) is 26.9 Å². The lowest BCUT2D eigenvalue weighted by Crippen LogP contribution is -2.21. The van der Waals surface area contributed by atoms with Crippen LogP contribution in [-0.2, 0) is 6.42 Å². The predicted molar refractivity (Wildman–Crippen MR) is 320 cm³/mol. The number of nitrogens with zero attached hydrogens (tertiary/aromatic N) is 2. The van der Waals surface area contributed by atoms with Gasteiger partial charge in [0.25, 0.3) is 0 Å².